The van der Waals surface area contributed by atoms with Gasteiger partial charge in [0, 0.05) is 43.7 Å². The summed E-state index contributed by atoms with van der Waals surface area (Å²) < 4.78 is 54.9. The molecule has 1 heterocycles. The Hall–Kier alpha value is -4.72. The van der Waals surface area contributed by atoms with Crippen LogP contribution in [0.4, 0.5) is 20.6 Å². The van der Waals surface area contributed by atoms with E-state index in [0.717, 1.165) is 47.9 Å². The number of likely N-dealkylation sites (N-methyl/N-ethyl adjacent to an activating group) is 1. The van der Waals surface area contributed by atoms with E-state index in [1.54, 1.807) is 24.9 Å². The van der Waals surface area contributed by atoms with Gasteiger partial charge in [-0.05, 0) is 87.0 Å². The van der Waals surface area contributed by atoms with E-state index in [1.165, 1.54) is 17.0 Å². The van der Waals surface area contributed by atoms with Crippen LogP contribution < -0.4 is 14.8 Å². The maximum Gasteiger partial charge on any atom is 0.321 e. The maximum atomic E-state index is 14.4. The van der Waals surface area contributed by atoms with Crippen LogP contribution in [0.3, 0.4) is 0 Å². The molecule has 0 unspecified atom stereocenters. The highest BCUT2D eigenvalue weighted by atomic mass is 32.2. The lowest BCUT2D eigenvalue weighted by Crippen LogP contribution is -2.48. The highest BCUT2D eigenvalue weighted by molar-refractivity contribution is 7.92. The molecule has 0 saturated heterocycles. The fourth-order valence-electron chi connectivity index (χ4n) is 6.17. The molecule has 5 rings (SSSR count). The predicted octanol–water partition coefficient (Wildman–Crippen LogP) is 6.74. The number of fused-ring (bicyclic) bond motifs is 2. The molecular formula is C39H47FN4O7S. The molecule has 0 radical (unpaired) electrons. The topological polar surface area (TPSA) is 138 Å². The molecule has 0 aromatic heterocycles. The molecule has 52 heavy (non-hydrogen) atoms. The number of rotatable bonds is 8. The standard InChI is InChI=1S/C39H47FN4O7S/c1-26-23-44(27(2)25-45)38(46)34-22-31(42-52(48,49)32-18-15-30(40)16-19-32)17-20-36(34)51-28(3)10-7-8-21-50-37(26)24-43(4)39(47)41-35-14-9-12-29-11-5-6-13-33(29)35/h5-6,9,11-20,22,26-28,37,42,45H,7-8,10,21,23-25H2,1-4H3,(H,41,47)/t26-,27-,28-,37-/m1/s1. The molecule has 0 fully saturated rings. The third kappa shape index (κ3) is 9.58. The van der Waals surface area contributed by atoms with E-state index in [-0.39, 0.29) is 59.6 Å². The lowest BCUT2D eigenvalue weighted by atomic mass is 10.0. The Bertz CT molecular complexity index is 1950. The molecule has 4 atom stereocenters. The highest BCUT2D eigenvalue weighted by Crippen LogP contribution is 2.30. The molecule has 0 aliphatic carbocycles. The third-order valence-corrected chi connectivity index (χ3v) is 10.7. The summed E-state index contributed by atoms with van der Waals surface area (Å²) in [7, 11) is -2.41. The molecule has 0 spiro atoms. The zero-order chi connectivity index (χ0) is 37.4. The molecule has 1 aliphatic heterocycles. The first-order valence-corrected chi connectivity index (χ1v) is 19.0. The number of anilines is 2. The van der Waals surface area contributed by atoms with Crippen molar-refractivity contribution < 1.29 is 37.0 Å². The lowest BCUT2D eigenvalue weighted by molar-refractivity contribution is -0.0115. The second-order valence-electron chi connectivity index (χ2n) is 13.4. The molecule has 4 aromatic carbocycles. The van der Waals surface area contributed by atoms with Gasteiger partial charge >= 0.3 is 6.03 Å². The number of nitrogens with one attached hydrogen (secondary N) is 2. The number of carbonyl (C=O) groups excluding carboxylic acids is 2. The van der Waals surface area contributed by atoms with E-state index in [9.17, 15) is 27.5 Å². The second-order valence-corrected chi connectivity index (χ2v) is 15.1. The van der Waals surface area contributed by atoms with E-state index < -0.39 is 33.9 Å². The number of benzene rings is 4. The summed E-state index contributed by atoms with van der Waals surface area (Å²) in [6.07, 6.45) is 1.45. The fraction of sp³-hybridized carbons (Fsp3) is 0.385. The van der Waals surface area contributed by atoms with Crippen molar-refractivity contribution in [2.45, 2.75) is 63.2 Å². The van der Waals surface area contributed by atoms with E-state index in [0.29, 0.717) is 18.7 Å². The zero-order valence-electron chi connectivity index (χ0n) is 29.9. The quantitative estimate of drug-likeness (QED) is 0.182. The van der Waals surface area contributed by atoms with Crippen molar-refractivity contribution in [3.05, 3.63) is 96.3 Å². The summed E-state index contributed by atoms with van der Waals surface area (Å²) >= 11 is 0. The van der Waals surface area contributed by atoms with Gasteiger partial charge < -0.3 is 29.7 Å². The van der Waals surface area contributed by atoms with Gasteiger partial charge in [0.1, 0.15) is 11.6 Å². The Morgan fingerprint density at radius 1 is 1.04 bits per heavy atom. The van der Waals surface area contributed by atoms with Crippen LogP contribution in [0.1, 0.15) is 50.4 Å². The van der Waals surface area contributed by atoms with Gasteiger partial charge in [0.15, 0.2) is 0 Å². The minimum Gasteiger partial charge on any atom is -0.490 e. The van der Waals surface area contributed by atoms with Crippen LogP contribution >= 0.6 is 0 Å². The van der Waals surface area contributed by atoms with Crippen LogP contribution in [0.15, 0.2) is 89.8 Å². The molecule has 3 amide bonds. The van der Waals surface area contributed by atoms with Crippen LogP contribution in [-0.4, -0.2) is 86.9 Å². The van der Waals surface area contributed by atoms with Crippen LogP contribution in [0.5, 0.6) is 5.75 Å². The molecular weight excluding hydrogens is 688 g/mol. The number of nitrogens with zero attached hydrogens (tertiary/aromatic N) is 2. The van der Waals surface area contributed by atoms with E-state index in [4.69, 9.17) is 9.47 Å². The molecule has 278 valence electrons. The van der Waals surface area contributed by atoms with Crippen molar-refractivity contribution in [3.8, 4) is 5.75 Å². The van der Waals surface area contributed by atoms with Gasteiger partial charge in [-0.1, -0.05) is 43.3 Å². The number of aliphatic hydroxyl groups is 1. The number of hydrogen-bond acceptors (Lipinski definition) is 7. The summed E-state index contributed by atoms with van der Waals surface area (Å²) in [5.74, 6) is -1.06. The Morgan fingerprint density at radius 3 is 2.52 bits per heavy atom. The predicted molar refractivity (Wildman–Crippen MR) is 200 cm³/mol. The van der Waals surface area contributed by atoms with Gasteiger partial charge in [0.2, 0.25) is 0 Å². The number of halogens is 1. The Labute approximate surface area is 304 Å². The monoisotopic (exact) mass is 734 g/mol. The molecule has 4 aromatic rings. The van der Waals surface area contributed by atoms with Gasteiger partial charge in [-0.3, -0.25) is 9.52 Å². The van der Waals surface area contributed by atoms with Crippen molar-refractivity contribution in [3.63, 3.8) is 0 Å². The van der Waals surface area contributed by atoms with Crippen molar-refractivity contribution in [1.82, 2.24) is 9.80 Å². The molecule has 0 bridgehead atoms. The number of sulfonamides is 1. The van der Waals surface area contributed by atoms with Crippen molar-refractivity contribution in [1.29, 1.82) is 0 Å². The van der Waals surface area contributed by atoms with Crippen LogP contribution in [0.2, 0.25) is 0 Å². The first-order chi connectivity index (χ1) is 24.9. The first-order valence-electron chi connectivity index (χ1n) is 17.5. The van der Waals surface area contributed by atoms with Crippen LogP contribution in [0.25, 0.3) is 10.8 Å². The lowest BCUT2D eigenvalue weighted by Gasteiger charge is -2.35. The van der Waals surface area contributed by atoms with E-state index in [1.807, 2.05) is 56.3 Å². The number of urea groups is 1. The maximum absolute atomic E-state index is 14.4. The number of amides is 3. The van der Waals surface area contributed by atoms with E-state index in [2.05, 4.69) is 10.0 Å². The second kappa shape index (κ2) is 17.2. The zero-order valence-corrected chi connectivity index (χ0v) is 30.7. The largest absolute Gasteiger partial charge is 0.490 e. The molecule has 1 aliphatic rings. The van der Waals surface area contributed by atoms with Gasteiger partial charge in [0.05, 0.1) is 41.0 Å². The number of carbonyl (C=O) groups is 2. The minimum atomic E-state index is -4.11. The molecule has 3 N–H and O–H groups in total. The van der Waals surface area contributed by atoms with Gasteiger partial charge in [-0.15, -0.1) is 0 Å². The van der Waals surface area contributed by atoms with Crippen molar-refractivity contribution in [2.75, 3.05) is 43.4 Å². The molecule has 13 heteroatoms. The number of aliphatic hydroxyl groups excluding tert-OH is 1. The highest BCUT2D eigenvalue weighted by Gasteiger charge is 2.31. The third-order valence-electron chi connectivity index (χ3n) is 9.26. The smallest absolute Gasteiger partial charge is 0.321 e. The summed E-state index contributed by atoms with van der Waals surface area (Å²) in [4.78, 5) is 30.8. The van der Waals surface area contributed by atoms with Gasteiger partial charge in [-0.25, -0.2) is 17.6 Å². The Balaban J connectivity index is 1.40. The SMILES string of the molecule is C[C@@H]1CCCCO[C@H](CN(C)C(=O)Nc2cccc3ccccc23)[C@H](C)CN([C@H](C)CO)C(=O)c2cc(NS(=O)(=O)c3ccc(F)cc3)ccc2O1. The summed E-state index contributed by atoms with van der Waals surface area (Å²) in [6.45, 7) is 6.05. The Morgan fingerprint density at radius 2 is 1.77 bits per heavy atom. The van der Waals surface area contributed by atoms with E-state index >= 15 is 0 Å². The fourth-order valence-corrected chi connectivity index (χ4v) is 7.22. The molecule has 11 nitrogen and oxygen atoms in total. The average Bonchev–Trinajstić information content (AvgIpc) is 3.12. The molecule has 0 saturated carbocycles. The Kier molecular flexibility index (Phi) is 12.7. The number of ether oxygens (including phenoxy) is 2. The normalized spacial score (nSPS) is 19.5. The summed E-state index contributed by atoms with van der Waals surface area (Å²) in [6, 6.07) is 21.5. The average molecular weight is 735 g/mol. The van der Waals surface area contributed by atoms with Gasteiger partial charge in [0.25, 0.3) is 15.9 Å². The van der Waals surface area contributed by atoms with Gasteiger partial charge in [-0.2, -0.15) is 0 Å². The summed E-state index contributed by atoms with van der Waals surface area (Å²) in [5.41, 5.74) is 0.913. The van der Waals surface area contributed by atoms with Crippen molar-refractivity contribution in [2.24, 2.45) is 5.92 Å². The van der Waals surface area contributed by atoms with Crippen LogP contribution in [0, 0.1) is 11.7 Å². The first kappa shape index (κ1) is 38.5. The van der Waals surface area contributed by atoms with Crippen LogP contribution in [-0.2, 0) is 14.8 Å². The summed E-state index contributed by atoms with van der Waals surface area (Å²) in [5, 5.41) is 15.2. The van der Waals surface area contributed by atoms with Crippen molar-refractivity contribution >= 4 is 44.1 Å². The number of hydrogen-bond donors (Lipinski definition) is 3. The minimum absolute atomic E-state index is 0.110.